The van der Waals surface area contributed by atoms with E-state index in [4.69, 9.17) is 4.74 Å². The van der Waals surface area contributed by atoms with Crippen LogP contribution < -0.4 is 0 Å². The first-order chi connectivity index (χ1) is 10.3. The van der Waals surface area contributed by atoms with E-state index in [-0.39, 0.29) is 18.8 Å². The number of hydrogen-bond donors (Lipinski definition) is 1. The second-order valence-corrected chi connectivity index (χ2v) is 5.74. The zero-order valence-electron chi connectivity index (χ0n) is 11.8. The molecule has 0 saturated heterocycles. The maximum atomic E-state index is 9.57. The number of nitrogens with zero attached hydrogens (tertiary/aromatic N) is 1. The first kappa shape index (κ1) is 14.2. The van der Waals surface area contributed by atoms with Crippen LogP contribution in [0.1, 0.15) is 17.2 Å². The Bertz CT molecular complexity index is 625. The van der Waals surface area contributed by atoms with Crippen molar-refractivity contribution in [2.75, 3.05) is 12.9 Å². The summed E-state index contributed by atoms with van der Waals surface area (Å²) in [4.78, 5) is 5.73. The Morgan fingerprint density at radius 1 is 1.10 bits per heavy atom. The lowest BCUT2D eigenvalue weighted by Crippen LogP contribution is -2.17. The standard InChI is InChI=1S/C17H17NO2S/c1-21-14-9-7-12(8-10-14)16-15(11-19)18-17(20-16)13-5-3-2-4-6-13/h2-10,15-16,19H,11H2,1H3/t15-,16-/m1/s1. The largest absolute Gasteiger partial charge is 0.467 e. The fourth-order valence-corrected chi connectivity index (χ4v) is 2.80. The number of aliphatic imine (C=N–C) groups is 1. The maximum Gasteiger partial charge on any atom is 0.217 e. The van der Waals surface area contributed by atoms with Crippen LogP contribution in [-0.2, 0) is 4.74 Å². The predicted molar refractivity (Wildman–Crippen MR) is 85.9 cm³/mol. The van der Waals surface area contributed by atoms with Gasteiger partial charge in [-0.1, -0.05) is 30.3 Å². The summed E-state index contributed by atoms with van der Waals surface area (Å²) in [6.07, 6.45) is 1.83. The van der Waals surface area contributed by atoms with E-state index in [1.807, 2.05) is 48.7 Å². The Kier molecular flexibility index (Phi) is 4.27. The van der Waals surface area contributed by atoms with Crippen molar-refractivity contribution in [3.63, 3.8) is 0 Å². The smallest absolute Gasteiger partial charge is 0.217 e. The van der Waals surface area contributed by atoms with Crippen molar-refractivity contribution >= 4 is 17.7 Å². The molecule has 2 aromatic carbocycles. The van der Waals surface area contributed by atoms with Crippen molar-refractivity contribution in [2.24, 2.45) is 4.99 Å². The minimum atomic E-state index is -0.250. The van der Waals surface area contributed by atoms with E-state index >= 15 is 0 Å². The second-order valence-electron chi connectivity index (χ2n) is 4.86. The number of benzene rings is 2. The summed E-state index contributed by atoms with van der Waals surface area (Å²) in [6, 6.07) is 17.8. The van der Waals surface area contributed by atoms with Gasteiger partial charge < -0.3 is 9.84 Å². The van der Waals surface area contributed by atoms with Crippen molar-refractivity contribution in [3.8, 4) is 0 Å². The molecule has 0 bridgehead atoms. The Labute approximate surface area is 128 Å². The van der Waals surface area contributed by atoms with Crippen LogP contribution >= 0.6 is 11.8 Å². The summed E-state index contributed by atoms with van der Waals surface area (Å²) in [7, 11) is 0. The van der Waals surface area contributed by atoms with Crippen molar-refractivity contribution < 1.29 is 9.84 Å². The van der Waals surface area contributed by atoms with E-state index in [9.17, 15) is 5.11 Å². The number of aliphatic hydroxyl groups is 1. The third-order valence-corrected chi connectivity index (χ3v) is 4.27. The minimum Gasteiger partial charge on any atom is -0.467 e. The molecule has 0 aromatic heterocycles. The van der Waals surface area contributed by atoms with Crippen LogP contribution in [0.25, 0.3) is 0 Å². The van der Waals surface area contributed by atoms with Gasteiger partial charge in [0.1, 0.15) is 6.04 Å². The fourth-order valence-electron chi connectivity index (χ4n) is 2.39. The van der Waals surface area contributed by atoms with E-state index in [1.54, 1.807) is 11.8 Å². The molecule has 1 heterocycles. The van der Waals surface area contributed by atoms with Crippen molar-refractivity contribution in [1.82, 2.24) is 0 Å². The first-order valence-corrected chi connectivity index (χ1v) is 8.09. The van der Waals surface area contributed by atoms with Gasteiger partial charge in [0.2, 0.25) is 5.90 Å². The Balaban J connectivity index is 1.84. The average molecular weight is 299 g/mol. The molecule has 3 nitrogen and oxygen atoms in total. The zero-order valence-corrected chi connectivity index (χ0v) is 12.6. The summed E-state index contributed by atoms with van der Waals surface area (Å²) in [5, 5.41) is 9.57. The summed E-state index contributed by atoms with van der Waals surface area (Å²) in [5.41, 5.74) is 1.99. The maximum absolute atomic E-state index is 9.57. The molecular formula is C17H17NO2S. The van der Waals surface area contributed by atoms with E-state index in [0.717, 1.165) is 11.1 Å². The number of thioether (sulfide) groups is 1. The highest BCUT2D eigenvalue weighted by molar-refractivity contribution is 7.98. The highest BCUT2D eigenvalue weighted by Crippen LogP contribution is 2.31. The molecule has 4 heteroatoms. The van der Waals surface area contributed by atoms with Crippen LogP contribution in [0.15, 0.2) is 64.5 Å². The summed E-state index contributed by atoms with van der Waals surface area (Å²) in [5.74, 6) is 0.605. The van der Waals surface area contributed by atoms with E-state index in [0.29, 0.717) is 5.90 Å². The van der Waals surface area contributed by atoms with Crippen LogP contribution in [-0.4, -0.2) is 29.9 Å². The van der Waals surface area contributed by atoms with Gasteiger partial charge in [-0.15, -0.1) is 11.8 Å². The quantitative estimate of drug-likeness (QED) is 0.881. The first-order valence-electron chi connectivity index (χ1n) is 6.86. The highest BCUT2D eigenvalue weighted by Gasteiger charge is 2.32. The zero-order chi connectivity index (χ0) is 14.7. The number of ether oxygens (including phenoxy) is 1. The molecular weight excluding hydrogens is 282 g/mol. The van der Waals surface area contributed by atoms with Gasteiger partial charge in [-0.2, -0.15) is 0 Å². The van der Waals surface area contributed by atoms with E-state index < -0.39 is 0 Å². The molecule has 3 rings (SSSR count). The normalized spacial score (nSPS) is 21.0. The summed E-state index contributed by atoms with van der Waals surface area (Å²) < 4.78 is 5.99. The third kappa shape index (κ3) is 2.96. The van der Waals surface area contributed by atoms with E-state index in [2.05, 4.69) is 17.1 Å². The van der Waals surface area contributed by atoms with Gasteiger partial charge in [0.15, 0.2) is 6.10 Å². The van der Waals surface area contributed by atoms with Crippen LogP contribution in [0.3, 0.4) is 0 Å². The Hall–Kier alpha value is -1.78. The predicted octanol–water partition coefficient (Wildman–Crippen LogP) is 3.29. The van der Waals surface area contributed by atoms with Gasteiger partial charge in [0.25, 0.3) is 0 Å². The van der Waals surface area contributed by atoms with Crippen molar-refractivity contribution in [3.05, 3.63) is 65.7 Å². The molecule has 1 aliphatic heterocycles. The van der Waals surface area contributed by atoms with Crippen molar-refractivity contribution in [1.29, 1.82) is 0 Å². The van der Waals surface area contributed by atoms with Crippen LogP contribution in [0.4, 0.5) is 0 Å². The topological polar surface area (TPSA) is 41.8 Å². The lowest BCUT2D eigenvalue weighted by atomic mass is 10.0. The molecule has 2 aromatic rings. The molecule has 0 unspecified atom stereocenters. The molecule has 0 radical (unpaired) electrons. The van der Waals surface area contributed by atoms with Gasteiger partial charge in [-0.25, -0.2) is 4.99 Å². The van der Waals surface area contributed by atoms with Crippen LogP contribution in [0.2, 0.25) is 0 Å². The van der Waals surface area contributed by atoms with Crippen LogP contribution in [0.5, 0.6) is 0 Å². The molecule has 2 atom stereocenters. The number of rotatable bonds is 4. The molecule has 0 fully saturated rings. The third-order valence-electron chi connectivity index (χ3n) is 3.52. The molecule has 21 heavy (non-hydrogen) atoms. The lowest BCUT2D eigenvalue weighted by molar-refractivity contribution is 0.152. The second kappa shape index (κ2) is 6.33. The SMILES string of the molecule is CSc1ccc([C@H]2OC(c3ccccc3)=N[C@@H]2CO)cc1. The van der Waals surface area contributed by atoms with Gasteiger partial charge in [0, 0.05) is 10.5 Å². The molecule has 0 amide bonds. The van der Waals surface area contributed by atoms with Gasteiger partial charge in [0.05, 0.1) is 6.61 Å². The Morgan fingerprint density at radius 2 is 1.81 bits per heavy atom. The van der Waals surface area contributed by atoms with Gasteiger partial charge >= 0.3 is 0 Å². The average Bonchev–Trinajstić information content (AvgIpc) is 3.00. The lowest BCUT2D eigenvalue weighted by Gasteiger charge is -2.16. The van der Waals surface area contributed by atoms with Crippen LogP contribution in [0, 0.1) is 0 Å². The molecule has 1 N–H and O–H groups in total. The fraction of sp³-hybridized carbons (Fsp3) is 0.235. The monoisotopic (exact) mass is 299 g/mol. The summed E-state index contributed by atoms with van der Waals surface area (Å²) >= 11 is 1.71. The summed E-state index contributed by atoms with van der Waals surface area (Å²) in [6.45, 7) is -0.0225. The molecule has 1 aliphatic rings. The molecule has 0 saturated carbocycles. The number of hydrogen-bond acceptors (Lipinski definition) is 4. The number of aliphatic hydroxyl groups excluding tert-OH is 1. The van der Waals surface area contributed by atoms with E-state index in [1.165, 1.54) is 4.90 Å². The van der Waals surface area contributed by atoms with Crippen molar-refractivity contribution in [2.45, 2.75) is 17.0 Å². The molecule has 0 spiro atoms. The molecule has 0 aliphatic carbocycles. The van der Waals surface area contributed by atoms with Gasteiger partial charge in [-0.3, -0.25) is 0 Å². The Morgan fingerprint density at radius 3 is 2.43 bits per heavy atom. The molecule has 108 valence electrons. The minimum absolute atomic E-state index is 0.0225. The van der Waals surface area contributed by atoms with Gasteiger partial charge in [-0.05, 0) is 36.1 Å². The highest BCUT2D eigenvalue weighted by atomic mass is 32.2.